The van der Waals surface area contributed by atoms with Crippen molar-refractivity contribution in [3.8, 4) is 0 Å². The quantitative estimate of drug-likeness (QED) is 0.754. The number of likely N-dealkylation sites (tertiary alicyclic amines) is 1. The van der Waals surface area contributed by atoms with Crippen LogP contribution in [-0.4, -0.2) is 73.0 Å². The van der Waals surface area contributed by atoms with Gasteiger partial charge in [0.25, 0.3) is 0 Å². The van der Waals surface area contributed by atoms with Crippen molar-refractivity contribution in [1.29, 1.82) is 0 Å². The minimum absolute atomic E-state index is 0.0522. The van der Waals surface area contributed by atoms with E-state index in [2.05, 4.69) is 22.5 Å². The van der Waals surface area contributed by atoms with Crippen LogP contribution >= 0.6 is 0 Å². The number of hydrogen-bond donors (Lipinski definition) is 2. The number of amides is 2. The first kappa shape index (κ1) is 16.2. The van der Waals surface area contributed by atoms with E-state index in [-0.39, 0.29) is 11.8 Å². The van der Waals surface area contributed by atoms with Crippen molar-refractivity contribution in [3.05, 3.63) is 0 Å². The van der Waals surface area contributed by atoms with Gasteiger partial charge < -0.3 is 15.5 Å². The predicted molar refractivity (Wildman–Crippen MR) is 81.9 cm³/mol. The van der Waals surface area contributed by atoms with Crippen molar-refractivity contribution in [3.63, 3.8) is 0 Å². The zero-order chi connectivity index (χ0) is 15.2. The third-order valence-corrected chi connectivity index (χ3v) is 4.40. The Bertz CT molecular complexity index is 369. The van der Waals surface area contributed by atoms with E-state index in [9.17, 15) is 9.59 Å². The highest BCUT2D eigenvalue weighted by Crippen LogP contribution is 2.10. The highest BCUT2D eigenvalue weighted by atomic mass is 16.2. The van der Waals surface area contributed by atoms with Gasteiger partial charge in [-0.25, -0.2) is 0 Å². The molecule has 2 fully saturated rings. The predicted octanol–water partition coefficient (Wildman–Crippen LogP) is -0.203. The number of hydrogen-bond acceptors (Lipinski definition) is 4. The Labute approximate surface area is 127 Å². The van der Waals surface area contributed by atoms with Crippen LogP contribution in [0.5, 0.6) is 0 Å². The third-order valence-electron chi connectivity index (χ3n) is 4.40. The first-order chi connectivity index (χ1) is 10.1. The lowest BCUT2D eigenvalue weighted by atomic mass is 10.1. The number of piperidine rings is 1. The molecule has 0 aromatic heterocycles. The van der Waals surface area contributed by atoms with Crippen molar-refractivity contribution in [1.82, 2.24) is 20.4 Å². The van der Waals surface area contributed by atoms with Crippen LogP contribution < -0.4 is 10.6 Å². The van der Waals surface area contributed by atoms with Crippen molar-refractivity contribution in [2.24, 2.45) is 0 Å². The van der Waals surface area contributed by atoms with Crippen LogP contribution in [0.3, 0.4) is 0 Å². The fraction of sp³-hybridized carbons (Fsp3) is 0.867. The van der Waals surface area contributed by atoms with Crippen LogP contribution in [0.1, 0.15) is 33.1 Å². The molecule has 6 heteroatoms. The molecule has 2 heterocycles. The molecule has 0 radical (unpaired) electrons. The molecule has 6 nitrogen and oxygen atoms in total. The van der Waals surface area contributed by atoms with Crippen LogP contribution in [0.4, 0.5) is 0 Å². The fourth-order valence-electron chi connectivity index (χ4n) is 3.04. The Morgan fingerprint density at radius 3 is 2.62 bits per heavy atom. The van der Waals surface area contributed by atoms with E-state index in [1.807, 2.05) is 4.90 Å². The van der Waals surface area contributed by atoms with Gasteiger partial charge in [-0.15, -0.1) is 0 Å². The van der Waals surface area contributed by atoms with Crippen molar-refractivity contribution < 1.29 is 9.59 Å². The van der Waals surface area contributed by atoms with Gasteiger partial charge in [0.15, 0.2) is 0 Å². The van der Waals surface area contributed by atoms with Crippen LogP contribution in [0.2, 0.25) is 0 Å². The first-order valence-corrected chi connectivity index (χ1v) is 8.11. The molecule has 2 aliphatic heterocycles. The minimum atomic E-state index is -0.422. The highest BCUT2D eigenvalue weighted by molar-refractivity contribution is 5.88. The molecule has 0 aromatic carbocycles. The maximum Gasteiger partial charge on any atom is 0.244 e. The molecular formula is C15H28N4O2. The highest BCUT2D eigenvalue weighted by Gasteiger charge is 2.25. The van der Waals surface area contributed by atoms with Crippen LogP contribution in [0.25, 0.3) is 0 Å². The summed E-state index contributed by atoms with van der Waals surface area (Å²) in [6.07, 6.45) is 3.35. The SMILES string of the molecule is CC(NC(=O)CN1CCNC[C@H]1C)C(=O)N1CCCCC1. The third kappa shape index (κ3) is 4.68. The Morgan fingerprint density at radius 1 is 1.24 bits per heavy atom. The van der Waals surface area contributed by atoms with Crippen LogP contribution in [-0.2, 0) is 9.59 Å². The van der Waals surface area contributed by atoms with Crippen molar-refractivity contribution in [2.75, 3.05) is 39.3 Å². The molecule has 0 bridgehead atoms. The molecular weight excluding hydrogens is 268 g/mol. The van der Waals surface area contributed by atoms with Crippen LogP contribution in [0.15, 0.2) is 0 Å². The molecule has 21 heavy (non-hydrogen) atoms. The van der Waals surface area contributed by atoms with Gasteiger partial charge in [0, 0.05) is 38.8 Å². The monoisotopic (exact) mass is 296 g/mol. The summed E-state index contributed by atoms with van der Waals surface area (Å²) in [4.78, 5) is 28.4. The lowest BCUT2D eigenvalue weighted by molar-refractivity contribution is -0.137. The van der Waals surface area contributed by atoms with E-state index in [0.29, 0.717) is 12.6 Å². The summed E-state index contributed by atoms with van der Waals surface area (Å²) >= 11 is 0. The van der Waals surface area contributed by atoms with Gasteiger partial charge in [0.05, 0.1) is 6.54 Å². The lowest BCUT2D eigenvalue weighted by Gasteiger charge is -2.34. The van der Waals surface area contributed by atoms with Gasteiger partial charge in [-0.05, 0) is 33.1 Å². The standard InChI is InChI=1S/C15H28N4O2/c1-12-10-16-6-9-19(12)11-14(20)17-13(2)15(21)18-7-4-3-5-8-18/h12-13,16H,3-11H2,1-2H3,(H,17,20)/t12-,13?/m1/s1. The summed E-state index contributed by atoms with van der Waals surface area (Å²) in [7, 11) is 0. The number of carbonyl (C=O) groups is 2. The maximum absolute atomic E-state index is 12.3. The Kier molecular flexibility index (Phi) is 5.99. The number of rotatable bonds is 4. The number of nitrogens with one attached hydrogen (secondary N) is 2. The second kappa shape index (κ2) is 7.75. The molecule has 0 aromatic rings. The Balaban J connectivity index is 1.76. The zero-order valence-electron chi connectivity index (χ0n) is 13.2. The van der Waals surface area contributed by atoms with Crippen molar-refractivity contribution in [2.45, 2.75) is 45.2 Å². The smallest absolute Gasteiger partial charge is 0.244 e. The molecule has 0 aliphatic carbocycles. The van der Waals surface area contributed by atoms with E-state index in [1.165, 1.54) is 6.42 Å². The second-order valence-corrected chi connectivity index (χ2v) is 6.20. The van der Waals surface area contributed by atoms with E-state index in [0.717, 1.165) is 45.6 Å². The molecule has 2 amide bonds. The summed E-state index contributed by atoms with van der Waals surface area (Å²) < 4.78 is 0. The van der Waals surface area contributed by atoms with E-state index in [1.54, 1.807) is 6.92 Å². The van der Waals surface area contributed by atoms with E-state index < -0.39 is 6.04 Å². The topological polar surface area (TPSA) is 64.7 Å². The van der Waals surface area contributed by atoms with Gasteiger partial charge >= 0.3 is 0 Å². The zero-order valence-corrected chi connectivity index (χ0v) is 13.2. The van der Waals surface area contributed by atoms with Gasteiger partial charge in [0.2, 0.25) is 11.8 Å². The number of carbonyl (C=O) groups excluding carboxylic acids is 2. The molecule has 2 rings (SSSR count). The van der Waals surface area contributed by atoms with Gasteiger partial charge in [-0.2, -0.15) is 0 Å². The summed E-state index contributed by atoms with van der Waals surface area (Å²) in [6.45, 7) is 8.64. The average molecular weight is 296 g/mol. The normalized spacial score (nSPS) is 25.4. The second-order valence-electron chi connectivity index (χ2n) is 6.20. The first-order valence-electron chi connectivity index (χ1n) is 8.11. The minimum Gasteiger partial charge on any atom is -0.343 e. The lowest BCUT2D eigenvalue weighted by Crippen LogP contribution is -2.55. The average Bonchev–Trinajstić information content (AvgIpc) is 2.49. The Hall–Kier alpha value is -1.14. The van der Waals surface area contributed by atoms with Gasteiger partial charge in [-0.1, -0.05) is 0 Å². The van der Waals surface area contributed by atoms with Gasteiger partial charge in [-0.3, -0.25) is 14.5 Å². The number of piperazine rings is 1. The van der Waals surface area contributed by atoms with E-state index in [4.69, 9.17) is 0 Å². The van der Waals surface area contributed by atoms with E-state index >= 15 is 0 Å². The molecule has 2 aliphatic rings. The van der Waals surface area contributed by atoms with Gasteiger partial charge in [0.1, 0.15) is 6.04 Å². The molecule has 0 saturated carbocycles. The van der Waals surface area contributed by atoms with Crippen molar-refractivity contribution >= 4 is 11.8 Å². The molecule has 2 atom stereocenters. The molecule has 2 N–H and O–H groups in total. The summed E-state index contributed by atoms with van der Waals surface area (Å²) in [5, 5.41) is 6.16. The summed E-state index contributed by atoms with van der Waals surface area (Å²) in [5.41, 5.74) is 0. The van der Waals surface area contributed by atoms with Crippen LogP contribution in [0, 0.1) is 0 Å². The molecule has 0 spiro atoms. The molecule has 2 saturated heterocycles. The summed E-state index contributed by atoms with van der Waals surface area (Å²) in [5.74, 6) is -0.00183. The molecule has 1 unspecified atom stereocenters. The Morgan fingerprint density at radius 2 is 1.95 bits per heavy atom. The number of nitrogens with zero attached hydrogens (tertiary/aromatic N) is 2. The maximum atomic E-state index is 12.3. The summed E-state index contributed by atoms with van der Waals surface area (Å²) in [6, 6.07) is -0.0635. The largest absolute Gasteiger partial charge is 0.343 e. The fourth-order valence-corrected chi connectivity index (χ4v) is 3.04. The molecule has 120 valence electrons.